The summed E-state index contributed by atoms with van der Waals surface area (Å²) in [6.45, 7) is 0. The highest BCUT2D eigenvalue weighted by molar-refractivity contribution is 5.95. The molecule has 0 atom stereocenters. The maximum atomic E-state index is 11.1. The van der Waals surface area contributed by atoms with E-state index < -0.39 is 5.97 Å². The van der Waals surface area contributed by atoms with Crippen LogP contribution in [0.25, 0.3) is 10.9 Å². The van der Waals surface area contributed by atoms with Gasteiger partial charge in [-0.25, -0.2) is 9.78 Å². The Morgan fingerprint density at radius 1 is 1.00 bits per heavy atom. The van der Waals surface area contributed by atoms with E-state index >= 15 is 0 Å². The van der Waals surface area contributed by atoms with E-state index in [1.54, 1.807) is 24.4 Å². The third-order valence-electron chi connectivity index (χ3n) is 3.09. The van der Waals surface area contributed by atoms with Crippen molar-refractivity contribution in [1.29, 1.82) is 0 Å². The molecule has 1 N–H and O–H groups in total. The van der Waals surface area contributed by atoms with Crippen LogP contribution >= 0.6 is 0 Å². The van der Waals surface area contributed by atoms with Crippen LogP contribution in [0.5, 0.6) is 0 Å². The first-order chi connectivity index (χ1) is 10.2. The zero-order chi connectivity index (χ0) is 14.7. The van der Waals surface area contributed by atoms with Gasteiger partial charge in [-0.2, -0.15) is 0 Å². The summed E-state index contributed by atoms with van der Waals surface area (Å²) >= 11 is 0. The fourth-order valence-corrected chi connectivity index (χ4v) is 2.06. The minimum atomic E-state index is -0.991. The summed E-state index contributed by atoms with van der Waals surface area (Å²) < 4.78 is 0. The predicted molar refractivity (Wildman–Crippen MR) is 82.4 cm³/mol. The monoisotopic (exact) mass is 276 g/mol. The molecule has 0 radical (unpaired) electrons. The first kappa shape index (κ1) is 13.0. The van der Waals surface area contributed by atoms with Crippen LogP contribution in [-0.4, -0.2) is 22.3 Å². The number of para-hydroxylation sites is 2. The highest BCUT2D eigenvalue weighted by Gasteiger charge is 2.07. The van der Waals surface area contributed by atoms with Gasteiger partial charge in [0.15, 0.2) is 0 Å². The van der Waals surface area contributed by atoms with Crippen LogP contribution in [0.1, 0.15) is 16.1 Å². The van der Waals surface area contributed by atoms with Crippen LogP contribution in [-0.2, 0) is 0 Å². The second-order valence-corrected chi connectivity index (χ2v) is 4.51. The minimum absolute atomic E-state index is 0.175. The molecule has 0 saturated heterocycles. The number of carboxylic acid groups (broad SMARTS) is 1. The molecule has 0 unspecified atom stereocenters. The Bertz CT molecular complexity index is 841. The van der Waals surface area contributed by atoms with Crippen molar-refractivity contribution in [1.82, 2.24) is 4.98 Å². The number of hydrogen-bond donors (Lipinski definition) is 1. The molecule has 1 aromatic heterocycles. The molecule has 3 rings (SSSR count). The number of carbonyl (C=O) groups is 1. The lowest BCUT2D eigenvalue weighted by molar-refractivity contribution is 0.0698. The third kappa shape index (κ3) is 2.79. The zero-order valence-corrected chi connectivity index (χ0v) is 11.1. The van der Waals surface area contributed by atoms with Crippen LogP contribution in [0.2, 0.25) is 0 Å². The molecular weight excluding hydrogens is 264 g/mol. The Balaban J connectivity index is 1.96. The van der Waals surface area contributed by atoms with Crippen molar-refractivity contribution in [3.05, 3.63) is 71.9 Å². The van der Waals surface area contributed by atoms with Crippen LogP contribution in [0.15, 0.2) is 65.7 Å². The summed E-state index contributed by atoms with van der Waals surface area (Å²) in [6, 6.07) is 18.3. The lowest BCUT2D eigenvalue weighted by Crippen LogP contribution is -1.96. The Hall–Kier alpha value is -3.01. The Morgan fingerprint density at radius 3 is 2.62 bits per heavy atom. The molecule has 4 nitrogen and oxygen atoms in total. The fraction of sp³-hybridized carbons (Fsp3) is 0. The van der Waals surface area contributed by atoms with E-state index in [-0.39, 0.29) is 5.56 Å². The van der Waals surface area contributed by atoms with Gasteiger partial charge in [0, 0.05) is 5.39 Å². The molecule has 2 aromatic carbocycles. The molecule has 4 heteroatoms. The van der Waals surface area contributed by atoms with Gasteiger partial charge in [0.1, 0.15) is 0 Å². The highest BCUT2D eigenvalue weighted by Crippen LogP contribution is 2.18. The Kier molecular flexibility index (Phi) is 3.43. The number of fused-ring (bicyclic) bond motifs is 1. The van der Waals surface area contributed by atoms with Crippen molar-refractivity contribution >= 4 is 28.8 Å². The van der Waals surface area contributed by atoms with Gasteiger partial charge in [0.25, 0.3) is 0 Å². The molecule has 102 valence electrons. The minimum Gasteiger partial charge on any atom is -0.478 e. The number of aromatic carboxylic acids is 1. The normalized spacial score (nSPS) is 11.0. The summed E-state index contributed by atoms with van der Waals surface area (Å²) in [5.41, 5.74) is 2.16. The van der Waals surface area contributed by atoms with E-state index in [4.69, 9.17) is 5.11 Å². The molecule has 1 heterocycles. The van der Waals surface area contributed by atoms with E-state index in [2.05, 4.69) is 9.98 Å². The summed E-state index contributed by atoms with van der Waals surface area (Å²) in [6.07, 6.45) is 1.58. The van der Waals surface area contributed by atoms with Crippen molar-refractivity contribution in [2.24, 2.45) is 4.99 Å². The highest BCUT2D eigenvalue weighted by atomic mass is 16.4. The second-order valence-electron chi connectivity index (χ2n) is 4.51. The molecular formula is C17H12N2O2. The maximum absolute atomic E-state index is 11.1. The van der Waals surface area contributed by atoms with E-state index in [1.807, 2.05) is 36.4 Å². The van der Waals surface area contributed by atoms with Gasteiger partial charge in [0.2, 0.25) is 0 Å². The number of nitrogens with zero attached hydrogens (tertiary/aromatic N) is 2. The topological polar surface area (TPSA) is 62.5 Å². The number of carboxylic acids is 1. The second kappa shape index (κ2) is 5.54. The SMILES string of the molecule is O=C(O)c1ccccc1N=Cc1ccc2ccccc2n1. The Labute approximate surface area is 121 Å². The number of aliphatic imine (C=N–C) groups is 1. The van der Waals surface area contributed by atoms with Crippen LogP contribution in [0.3, 0.4) is 0 Å². The van der Waals surface area contributed by atoms with Crippen molar-refractivity contribution < 1.29 is 9.90 Å². The number of aromatic nitrogens is 1. The average molecular weight is 276 g/mol. The molecule has 0 bridgehead atoms. The number of rotatable bonds is 3. The Morgan fingerprint density at radius 2 is 1.76 bits per heavy atom. The smallest absolute Gasteiger partial charge is 0.337 e. The molecule has 0 aliphatic rings. The van der Waals surface area contributed by atoms with Crippen LogP contribution in [0, 0.1) is 0 Å². The lowest BCUT2D eigenvalue weighted by atomic mass is 10.2. The van der Waals surface area contributed by atoms with Crippen molar-refractivity contribution in [3.8, 4) is 0 Å². The van der Waals surface area contributed by atoms with E-state index in [1.165, 1.54) is 6.07 Å². The number of hydrogen-bond acceptors (Lipinski definition) is 3. The summed E-state index contributed by atoms with van der Waals surface area (Å²) in [5.74, 6) is -0.991. The van der Waals surface area contributed by atoms with E-state index in [9.17, 15) is 4.79 Å². The lowest BCUT2D eigenvalue weighted by Gasteiger charge is -2.00. The number of pyridine rings is 1. The zero-order valence-electron chi connectivity index (χ0n) is 11.1. The van der Waals surface area contributed by atoms with Crippen molar-refractivity contribution in [2.45, 2.75) is 0 Å². The van der Waals surface area contributed by atoms with Crippen molar-refractivity contribution in [3.63, 3.8) is 0 Å². The molecule has 21 heavy (non-hydrogen) atoms. The van der Waals surface area contributed by atoms with E-state index in [0.717, 1.165) is 10.9 Å². The molecule has 0 aliphatic heterocycles. The first-order valence-electron chi connectivity index (χ1n) is 6.46. The van der Waals surface area contributed by atoms with Crippen LogP contribution < -0.4 is 0 Å². The number of benzene rings is 2. The molecule has 0 saturated carbocycles. The summed E-state index contributed by atoms with van der Waals surface area (Å²) in [5, 5.41) is 10.2. The van der Waals surface area contributed by atoms with Gasteiger partial charge < -0.3 is 5.11 Å². The maximum Gasteiger partial charge on any atom is 0.337 e. The average Bonchev–Trinajstić information content (AvgIpc) is 2.53. The predicted octanol–water partition coefficient (Wildman–Crippen LogP) is 3.68. The standard InChI is InChI=1S/C17H12N2O2/c20-17(21)14-6-2-4-8-16(14)18-11-13-10-9-12-5-1-3-7-15(12)19-13/h1-11H,(H,20,21). The summed E-state index contributed by atoms with van der Waals surface area (Å²) in [4.78, 5) is 19.8. The van der Waals surface area contributed by atoms with Gasteiger partial charge in [0.05, 0.1) is 28.7 Å². The summed E-state index contributed by atoms with van der Waals surface area (Å²) in [7, 11) is 0. The van der Waals surface area contributed by atoms with Crippen LogP contribution in [0.4, 0.5) is 5.69 Å². The van der Waals surface area contributed by atoms with Gasteiger partial charge in [-0.05, 0) is 24.3 Å². The molecule has 3 aromatic rings. The van der Waals surface area contributed by atoms with Crippen molar-refractivity contribution in [2.75, 3.05) is 0 Å². The largest absolute Gasteiger partial charge is 0.478 e. The van der Waals surface area contributed by atoms with E-state index in [0.29, 0.717) is 11.4 Å². The molecule has 0 spiro atoms. The fourth-order valence-electron chi connectivity index (χ4n) is 2.06. The van der Waals surface area contributed by atoms with Gasteiger partial charge in [-0.1, -0.05) is 36.4 Å². The molecule has 0 fully saturated rings. The third-order valence-corrected chi connectivity index (χ3v) is 3.09. The first-order valence-corrected chi connectivity index (χ1v) is 6.46. The quantitative estimate of drug-likeness (QED) is 0.742. The van der Waals surface area contributed by atoms with Gasteiger partial charge in [-0.15, -0.1) is 0 Å². The van der Waals surface area contributed by atoms with Gasteiger partial charge >= 0.3 is 5.97 Å². The molecule has 0 aliphatic carbocycles. The van der Waals surface area contributed by atoms with Gasteiger partial charge in [-0.3, -0.25) is 4.99 Å². The molecule has 0 amide bonds.